The Morgan fingerprint density at radius 1 is 1.17 bits per heavy atom. The maximum Gasteiger partial charge on any atom is 0.145 e. The van der Waals surface area contributed by atoms with Crippen molar-refractivity contribution in [3.05, 3.63) is 52.5 Å². The van der Waals surface area contributed by atoms with E-state index in [-0.39, 0.29) is 0 Å². The number of hydrogen-bond acceptors (Lipinski definition) is 6. The molecule has 2 aromatic heterocycles. The molecule has 1 aliphatic rings. The molecule has 0 saturated carbocycles. The van der Waals surface area contributed by atoms with Gasteiger partial charge in [-0.2, -0.15) is 0 Å². The van der Waals surface area contributed by atoms with Gasteiger partial charge in [-0.15, -0.1) is 0 Å². The number of pyridine rings is 1. The summed E-state index contributed by atoms with van der Waals surface area (Å²) in [6.07, 6.45) is 3.13. The molecule has 4 rings (SSSR count). The molecule has 1 N–H and O–H groups in total. The van der Waals surface area contributed by atoms with Crippen LogP contribution in [-0.2, 0) is 11.5 Å². The molecule has 0 radical (unpaired) electrons. The third kappa shape index (κ3) is 6.51. The molecule has 1 saturated heterocycles. The molecular weight excluding hydrogens is 522 g/mol. The van der Waals surface area contributed by atoms with E-state index < -0.39 is 14.2 Å². The molecule has 1 unspecified atom stereocenters. The SMILES string of the molecule is CN(C)C1CCN(c2ccc3nc(C(O)c4ccnc(Br)c4)n(COCC[Si](C)(C)C)c3c2)CC1. The van der Waals surface area contributed by atoms with Gasteiger partial charge in [0.1, 0.15) is 23.3 Å². The summed E-state index contributed by atoms with van der Waals surface area (Å²) in [4.78, 5) is 13.8. The monoisotopic (exact) mass is 559 g/mol. The first-order valence-corrected chi connectivity index (χ1v) is 16.9. The number of aromatic nitrogens is 3. The smallest absolute Gasteiger partial charge is 0.145 e. The molecular formula is C26H38BrN5O2Si. The third-order valence-corrected chi connectivity index (χ3v) is 8.99. The van der Waals surface area contributed by atoms with Gasteiger partial charge < -0.3 is 24.2 Å². The van der Waals surface area contributed by atoms with Crippen molar-refractivity contribution in [2.24, 2.45) is 0 Å². The average Bonchev–Trinajstić information content (AvgIpc) is 3.18. The van der Waals surface area contributed by atoms with Crippen molar-refractivity contribution < 1.29 is 9.84 Å². The van der Waals surface area contributed by atoms with E-state index in [2.05, 4.69) is 82.6 Å². The molecule has 35 heavy (non-hydrogen) atoms. The fraction of sp³-hybridized carbons (Fsp3) is 0.538. The number of ether oxygens (including phenoxy) is 1. The largest absolute Gasteiger partial charge is 0.380 e. The van der Waals surface area contributed by atoms with E-state index >= 15 is 0 Å². The topological polar surface area (TPSA) is 66.7 Å². The maximum atomic E-state index is 11.3. The number of nitrogens with zero attached hydrogens (tertiary/aromatic N) is 5. The number of imidazole rings is 1. The van der Waals surface area contributed by atoms with E-state index in [1.165, 1.54) is 5.69 Å². The fourth-order valence-corrected chi connectivity index (χ4v) is 5.72. The molecule has 9 heteroatoms. The lowest BCUT2D eigenvalue weighted by Gasteiger charge is -2.36. The van der Waals surface area contributed by atoms with Gasteiger partial charge >= 0.3 is 0 Å². The number of halogens is 1. The average molecular weight is 561 g/mol. The summed E-state index contributed by atoms with van der Waals surface area (Å²) in [5.41, 5.74) is 3.81. The summed E-state index contributed by atoms with van der Waals surface area (Å²) in [5, 5.41) is 11.3. The van der Waals surface area contributed by atoms with E-state index in [0.29, 0.717) is 29.8 Å². The highest BCUT2D eigenvalue weighted by Crippen LogP contribution is 2.30. The molecule has 3 heterocycles. The Labute approximate surface area is 218 Å². The van der Waals surface area contributed by atoms with E-state index in [9.17, 15) is 5.11 Å². The molecule has 1 atom stereocenters. The molecule has 7 nitrogen and oxygen atoms in total. The van der Waals surface area contributed by atoms with E-state index in [0.717, 1.165) is 48.6 Å². The third-order valence-electron chi connectivity index (χ3n) is 6.85. The van der Waals surface area contributed by atoms with Gasteiger partial charge in [0.25, 0.3) is 0 Å². The molecule has 1 fully saturated rings. The van der Waals surface area contributed by atoms with Crippen LogP contribution in [0.4, 0.5) is 5.69 Å². The first kappa shape index (κ1) is 26.3. The number of hydrogen-bond donors (Lipinski definition) is 1. The Balaban J connectivity index is 1.64. The minimum Gasteiger partial charge on any atom is -0.380 e. The second-order valence-corrected chi connectivity index (χ2v) is 17.3. The van der Waals surface area contributed by atoms with Crippen LogP contribution in [0.2, 0.25) is 25.7 Å². The zero-order valence-electron chi connectivity index (χ0n) is 21.5. The van der Waals surface area contributed by atoms with Crippen molar-refractivity contribution in [1.82, 2.24) is 19.4 Å². The Morgan fingerprint density at radius 2 is 1.91 bits per heavy atom. The molecule has 3 aromatic rings. The number of aliphatic hydroxyl groups excluding tert-OH is 1. The molecule has 190 valence electrons. The predicted octanol–water partition coefficient (Wildman–Crippen LogP) is 5.12. The van der Waals surface area contributed by atoms with Crippen molar-refractivity contribution in [2.75, 3.05) is 38.7 Å². The predicted molar refractivity (Wildman–Crippen MR) is 149 cm³/mol. The van der Waals surface area contributed by atoms with Crippen LogP contribution in [0.1, 0.15) is 30.3 Å². The van der Waals surface area contributed by atoms with E-state index in [1.54, 1.807) is 6.20 Å². The minimum absolute atomic E-state index is 0.367. The second kappa shape index (κ2) is 11.1. The highest BCUT2D eigenvalue weighted by molar-refractivity contribution is 9.10. The minimum atomic E-state index is -1.19. The Kier molecular flexibility index (Phi) is 8.33. The van der Waals surface area contributed by atoms with Gasteiger partial charge in [-0.05, 0) is 84.8 Å². The van der Waals surface area contributed by atoms with Crippen LogP contribution in [0.3, 0.4) is 0 Å². The lowest BCUT2D eigenvalue weighted by atomic mass is 10.0. The Bertz CT molecular complexity index is 1140. The van der Waals surface area contributed by atoms with Gasteiger partial charge in [0, 0.05) is 45.7 Å². The van der Waals surface area contributed by atoms with Crippen molar-refractivity contribution in [3.8, 4) is 0 Å². The Hall–Kier alpha value is -1.78. The molecule has 1 aromatic carbocycles. The van der Waals surface area contributed by atoms with Gasteiger partial charge in [0.05, 0.1) is 11.0 Å². The van der Waals surface area contributed by atoms with E-state index in [1.807, 2.05) is 16.7 Å². The number of anilines is 1. The summed E-state index contributed by atoms with van der Waals surface area (Å²) in [5.74, 6) is 0.592. The zero-order valence-corrected chi connectivity index (χ0v) is 24.1. The lowest BCUT2D eigenvalue weighted by Crippen LogP contribution is -2.41. The number of rotatable bonds is 9. The van der Waals surface area contributed by atoms with Crippen LogP contribution in [0.25, 0.3) is 11.0 Å². The lowest BCUT2D eigenvalue weighted by molar-refractivity contribution is 0.0815. The van der Waals surface area contributed by atoms with E-state index in [4.69, 9.17) is 9.72 Å². The van der Waals surface area contributed by atoms with Crippen molar-refractivity contribution in [2.45, 2.75) is 57.4 Å². The highest BCUT2D eigenvalue weighted by atomic mass is 79.9. The standard InChI is InChI=1S/C26H38BrN5O2Si/c1-30(2)20-9-12-31(13-10-20)21-6-7-22-23(17-21)32(18-34-14-15-35(3,4)5)26(29-22)25(33)19-8-11-28-24(27)16-19/h6-8,11,16-17,20,25,33H,9-10,12-15,18H2,1-5H3. The van der Waals surface area contributed by atoms with Crippen LogP contribution >= 0.6 is 15.9 Å². The molecule has 1 aliphatic heterocycles. The van der Waals surface area contributed by atoms with Crippen molar-refractivity contribution >= 4 is 40.7 Å². The fourth-order valence-electron chi connectivity index (χ4n) is 4.58. The summed E-state index contributed by atoms with van der Waals surface area (Å²) < 4.78 is 8.87. The van der Waals surface area contributed by atoms with Gasteiger partial charge in [-0.1, -0.05) is 19.6 Å². The first-order valence-electron chi connectivity index (χ1n) is 12.4. The number of aliphatic hydroxyl groups is 1. The molecule has 0 bridgehead atoms. The number of fused-ring (bicyclic) bond motifs is 1. The van der Waals surface area contributed by atoms with Crippen LogP contribution < -0.4 is 4.90 Å². The van der Waals surface area contributed by atoms with Gasteiger partial charge in [-0.3, -0.25) is 0 Å². The van der Waals surface area contributed by atoms with Crippen LogP contribution in [0.5, 0.6) is 0 Å². The summed E-state index contributed by atoms with van der Waals surface area (Å²) in [7, 11) is 3.14. The van der Waals surface area contributed by atoms with Gasteiger partial charge in [0.2, 0.25) is 0 Å². The maximum absolute atomic E-state index is 11.3. The molecule has 0 aliphatic carbocycles. The van der Waals surface area contributed by atoms with Crippen LogP contribution in [0, 0.1) is 0 Å². The first-order chi connectivity index (χ1) is 16.6. The zero-order chi connectivity index (χ0) is 25.2. The highest BCUT2D eigenvalue weighted by Gasteiger charge is 2.24. The molecule has 0 amide bonds. The number of benzene rings is 1. The van der Waals surface area contributed by atoms with Crippen molar-refractivity contribution in [1.29, 1.82) is 0 Å². The van der Waals surface area contributed by atoms with Crippen molar-refractivity contribution in [3.63, 3.8) is 0 Å². The van der Waals surface area contributed by atoms with Gasteiger partial charge in [-0.25, -0.2) is 9.97 Å². The normalized spacial score (nSPS) is 16.4. The summed E-state index contributed by atoms with van der Waals surface area (Å²) in [6.45, 7) is 10.2. The Morgan fingerprint density at radius 3 is 2.57 bits per heavy atom. The quantitative estimate of drug-likeness (QED) is 0.223. The van der Waals surface area contributed by atoms with Crippen LogP contribution in [-0.4, -0.2) is 72.4 Å². The van der Waals surface area contributed by atoms with Gasteiger partial charge in [0.15, 0.2) is 0 Å². The summed E-state index contributed by atoms with van der Waals surface area (Å²) >= 11 is 3.41. The van der Waals surface area contributed by atoms with Crippen LogP contribution in [0.15, 0.2) is 41.1 Å². The summed E-state index contributed by atoms with van der Waals surface area (Å²) in [6, 6.07) is 11.8. The molecule has 0 spiro atoms. The second-order valence-electron chi connectivity index (χ2n) is 10.9. The number of piperidine rings is 1.